The predicted octanol–water partition coefficient (Wildman–Crippen LogP) is 4.65. The molecule has 0 radical (unpaired) electrons. The molecule has 1 fully saturated rings. The number of rotatable bonds is 4. The SMILES string of the molecule is COc1ccc(Cl)cc1NC(=O)[C@@H]1CC(=O)N(c2cc(Cl)ccc2Cl)C1. The molecule has 2 aromatic rings. The zero-order valence-electron chi connectivity index (χ0n) is 13.8. The Balaban J connectivity index is 1.77. The third-order valence-corrected chi connectivity index (χ3v) is 4.90. The molecule has 0 unspecified atom stereocenters. The Kier molecular flexibility index (Phi) is 5.61. The summed E-state index contributed by atoms with van der Waals surface area (Å²) in [6, 6.07) is 9.80. The number of hydrogen-bond acceptors (Lipinski definition) is 3. The number of methoxy groups -OCH3 is 1. The van der Waals surface area contributed by atoms with E-state index in [0.29, 0.717) is 32.2 Å². The van der Waals surface area contributed by atoms with Crippen LogP contribution in [0.3, 0.4) is 0 Å². The molecule has 1 aliphatic rings. The number of carbonyl (C=O) groups excluding carboxylic acids is 2. The number of halogens is 3. The van der Waals surface area contributed by atoms with Gasteiger partial charge in [0.1, 0.15) is 5.75 Å². The largest absolute Gasteiger partial charge is 0.495 e. The van der Waals surface area contributed by atoms with Crippen LogP contribution in [0.2, 0.25) is 15.1 Å². The smallest absolute Gasteiger partial charge is 0.229 e. The van der Waals surface area contributed by atoms with E-state index in [1.807, 2.05) is 0 Å². The quantitative estimate of drug-likeness (QED) is 0.794. The van der Waals surface area contributed by atoms with Gasteiger partial charge in [-0.25, -0.2) is 0 Å². The van der Waals surface area contributed by atoms with Crippen molar-refractivity contribution in [1.29, 1.82) is 0 Å². The van der Waals surface area contributed by atoms with Crippen LogP contribution in [0.5, 0.6) is 5.75 Å². The molecule has 0 spiro atoms. The van der Waals surface area contributed by atoms with Gasteiger partial charge in [0.25, 0.3) is 0 Å². The maximum Gasteiger partial charge on any atom is 0.229 e. The Labute approximate surface area is 165 Å². The zero-order chi connectivity index (χ0) is 18.8. The summed E-state index contributed by atoms with van der Waals surface area (Å²) in [5.74, 6) is -0.519. The number of ether oxygens (including phenoxy) is 1. The molecule has 0 saturated carbocycles. The van der Waals surface area contributed by atoms with E-state index in [1.165, 1.54) is 12.0 Å². The second kappa shape index (κ2) is 7.74. The maximum absolute atomic E-state index is 12.6. The highest BCUT2D eigenvalue weighted by Crippen LogP contribution is 2.34. The maximum atomic E-state index is 12.6. The number of nitrogens with zero attached hydrogens (tertiary/aromatic N) is 1. The van der Waals surface area contributed by atoms with E-state index in [0.717, 1.165) is 0 Å². The van der Waals surface area contributed by atoms with Gasteiger partial charge in [-0.2, -0.15) is 0 Å². The summed E-state index contributed by atoms with van der Waals surface area (Å²) in [5, 5.41) is 4.11. The van der Waals surface area contributed by atoms with Crippen molar-refractivity contribution in [3.8, 4) is 5.75 Å². The van der Waals surface area contributed by atoms with E-state index < -0.39 is 5.92 Å². The molecule has 1 saturated heterocycles. The van der Waals surface area contributed by atoms with E-state index in [2.05, 4.69) is 5.32 Å². The monoisotopic (exact) mass is 412 g/mol. The number of nitrogens with one attached hydrogen (secondary N) is 1. The van der Waals surface area contributed by atoms with Crippen molar-refractivity contribution in [2.24, 2.45) is 5.92 Å². The van der Waals surface area contributed by atoms with Crippen molar-refractivity contribution >= 4 is 58.0 Å². The minimum absolute atomic E-state index is 0.0809. The first-order valence-corrected chi connectivity index (χ1v) is 8.92. The van der Waals surface area contributed by atoms with Crippen LogP contribution < -0.4 is 15.0 Å². The van der Waals surface area contributed by atoms with Gasteiger partial charge in [0.15, 0.2) is 0 Å². The van der Waals surface area contributed by atoms with Crippen molar-refractivity contribution in [3.05, 3.63) is 51.5 Å². The van der Waals surface area contributed by atoms with Crippen molar-refractivity contribution in [1.82, 2.24) is 0 Å². The second-order valence-corrected chi connectivity index (χ2v) is 7.12. The Morgan fingerprint density at radius 1 is 1.15 bits per heavy atom. The molecule has 1 N–H and O–H groups in total. The van der Waals surface area contributed by atoms with Gasteiger partial charge in [-0.1, -0.05) is 34.8 Å². The van der Waals surface area contributed by atoms with Gasteiger partial charge in [0.05, 0.1) is 29.4 Å². The molecule has 1 atom stereocenters. The highest BCUT2D eigenvalue weighted by molar-refractivity contribution is 6.36. The van der Waals surface area contributed by atoms with E-state index in [9.17, 15) is 9.59 Å². The first-order valence-electron chi connectivity index (χ1n) is 7.79. The molecule has 1 heterocycles. The van der Waals surface area contributed by atoms with Crippen molar-refractivity contribution in [2.45, 2.75) is 6.42 Å². The topological polar surface area (TPSA) is 58.6 Å². The fourth-order valence-electron chi connectivity index (χ4n) is 2.82. The molecule has 2 aromatic carbocycles. The summed E-state index contributed by atoms with van der Waals surface area (Å²) in [6.45, 7) is 0.216. The molecule has 26 heavy (non-hydrogen) atoms. The zero-order valence-corrected chi connectivity index (χ0v) is 16.0. The summed E-state index contributed by atoms with van der Waals surface area (Å²) < 4.78 is 5.22. The summed E-state index contributed by atoms with van der Waals surface area (Å²) in [7, 11) is 1.50. The van der Waals surface area contributed by atoms with Gasteiger partial charge in [-0.05, 0) is 36.4 Å². The lowest BCUT2D eigenvalue weighted by molar-refractivity contribution is -0.122. The lowest BCUT2D eigenvalue weighted by Crippen LogP contribution is -2.28. The van der Waals surface area contributed by atoms with Crippen LogP contribution in [0.1, 0.15) is 6.42 Å². The molecular weight excluding hydrogens is 399 g/mol. The summed E-state index contributed by atoms with van der Waals surface area (Å²) in [6.07, 6.45) is 0.0809. The van der Waals surface area contributed by atoms with Gasteiger partial charge in [-0.3, -0.25) is 9.59 Å². The second-order valence-electron chi connectivity index (χ2n) is 5.83. The number of benzene rings is 2. The van der Waals surface area contributed by atoms with Crippen LogP contribution >= 0.6 is 34.8 Å². The molecule has 0 aromatic heterocycles. The third-order valence-electron chi connectivity index (χ3n) is 4.11. The van der Waals surface area contributed by atoms with E-state index in [1.54, 1.807) is 36.4 Å². The molecule has 2 amide bonds. The molecule has 0 bridgehead atoms. The molecule has 136 valence electrons. The fraction of sp³-hybridized carbons (Fsp3) is 0.222. The normalized spacial score (nSPS) is 16.7. The van der Waals surface area contributed by atoms with Crippen LogP contribution in [0.15, 0.2) is 36.4 Å². The van der Waals surface area contributed by atoms with Gasteiger partial charge < -0.3 is 15.0 Å². The highest BCUT2D eigenvalue weighted by Gasteiger charge is 2.36. The van der Waals surface area contributed by atoms with Crippen molar-refractivity contribution in [3.63, 3.8) is 0 Å². The molecule has 3 rings (SSSR count). The van der Waals surface area contributed by atoms with Crippen LogP contribution in [0.4, 0.5) is 11.4 Å². The Hall–Kier alpha value is -1.95. The Morgan fingerprint density at radius 2 is 1.85 bits per heavy atom. The van der Waals surface area contributed by atoms with Gasteiger partial charge in [0.2, 0.25) is 11.8 Å². The summed E-state index contributed by atoms with van der Waals surface area (Å²) in [5.41, 5.74) is 0.955. The van der Waals surface area contributed by atoms with Gasteiger partial charge in [-0.15, -0.1) is 0 Å². The van der Waals surface area contributed by atoms with Crippen LogP contribution in [0.25, 0.3) is 0 Å². The fourth-order valence-corrected chi connectivity index (χ4v) is 3.38. The molecule has 8 heteroatoms. The Bertz CT molecular complexity index is 873. The third kappa shape index (κ3) is 3.90. The number of amides is 2. The van der Waals surface area contributed by atoms with E-state index in [-0.39, 0.29) is 24.8 Å². The van der Waals surface area contributed by atoms with E-state index >= 15 is 0 Å². The van der Waals surface area contributed by atoms with Crippen molar-refractivity contribution < 1.29 is 14.3 Å². The number of anilines is 2. The predicted molar refractivity (Wildman–Crippen MR) is 104 cm³/mol. The van der Waals surface area contributed by atoms with Crippen molar-refractivity contribution in [2.75, 3.05) is 23.9 Å². The van der Waals surface area contributed by atoms with Gasteiger partial charge >= 0.3 is 0 Å². The minimum Gasteiger partial charge on any atom is -0.495 e. The molecule has 1 aliphatic heterocycles. The van der Waals surface area contributed by atoms with E-state index in [4.69, 9.17) is 39.5 Å². The number of carbonyl (C=O) groups is 2. The summed E-state index contributed by atoms with van der Waals surface area (Å²) in [4.78, 5) is 26.5. The molecule has 0 aliphatic carbocycles. The minimum atomic E-state index is -0.527. The van der Waals surface area contributed by atoms with Crippen LogP contribution in [-0.4, -0.2) is 25.5 Å². The Morgan fingerprint density at radius 3 is 2.58 bits per heavy atom. The summed E-state index contributed by atoms with van der Waals surface area (Å²) >= 11 is 18.1. The van der Waals surface area contributed by atoms with Crippen LogP contribution in [0, 0.1) is 5.92 Å². The first kappa shape index (κ1) is 18.8. The standard InChI is InChI=1S/C18H15Cl3N2O3/c1-26-16-5-3-11(19)7-14(16)22-18(25)10-6-17(24)23(9-10)15-8-12(20)2-4-13(15)21/h2-5,7-8,10H,6,9H2,1H3,(H,22,25)/t10-/m1/s1. The number of hydrogen-bond donors (Lipinski definition) is 1. The van der Waals surface area contributed by atoms with Crippen LogP contribution in [-0.2, 0) is 9.59 Å². The highest BCUT2D eigenvalue weighted by atomic mass is 35.5. The lowest BCUT2D eigenvalue weighted by Gasteiger charge is -2.18. The molecular formula is C18H15Cl3N2O3. The average molecular weight is 414 g/mol. The first-order chi connectivity index (χ1) is 12.4. The average Bonchev–Trinajstić information content (AvgIpc) is 2.99. The lowest BCUT2D eigenvalue weighted by atomic mass is 10.1. The molecule has 5 nitrogen and oxygen atoms in total. The van der Waals surface area contributed by atoms with Gasteiger partial charge in [0, 0.05) is 23.0 Å².